The number of carbonyl (C=O) groups excluding carboxylic acids is 2. The maximum atomic E-state index is 12.9. The zero-order valence-corrected chi connectivity index (χ0v) is 15.4. The number of anilines is 1. The van der Waals surface area contributed by atoms with Gasteiger partial charge in [0.25, 0.3) is 11.8 Å². The van der Waals surface area contributed by atoms with E-state index in [1.54, 1.807) is 7.05 Å². The van der Waals surface area contributed by atoms with Crippen molar-refractivity contribution < 1.29 is 22.4 Å². The lowest BCUT2D eigenvalue weighted by Crippen LogP contribution is -2.38. The number of nitrogens with one attached hydrogen (secondary N) is 1. The molecule has 1 fully saturated rings. The fourth-order valence-electron chi connectivity index (χ4n) is 2.87. The highest BCUT2D eigenvalue weighted by Gasteiger charge is 2.33. The molecule has 142 valence electrons. The van der Waals surface area contributed by atoms with Gasteiger partial charge in [0.2, 0.25) is 0 Å². The van der Waals surface area contributed by atoms with Crippen LogP contribution in [0.1, 0.15) is 27.1 Å². The van der Waals surface area contributed by atoms with Crippen molar-refractivity contribution in [3.05, 3.63) is 59.7 Å². The maximum Gasteiger partial charge on any atom is 0.257 e. The van der Waals surface area contributed by atoms with Crippen LogP contribution >= 0.6 is 0 Å². The first-order chi connectivity index (χ1) is 12.7. The summed E-state index contributed by atoms with van der Waals surface area (Å²) in [6.45, 7) is 0. The number of sulfone groups is 1. The molecule has 1 N–H and O–H groups in total. The average molecular weight is 391 g/mol. The Hall–Kier alpha value is -2.81. The highest BCUT2D eigenvalue weighted by atomic mass is 32.2. The van der Waals surface area contributed by atoms with Crippen LogP contribution in [0, 0.1) is 5.82 Å². The second-order valence-electron chi connectivity index (χ2n) is 6.40. The van der Waals surface area contributed by atoms with E-state index in [4.69, 9.17) is 0 Å². The molecule has 0 spiro atoms. The van der Waals surface area contributed by atoms with Gasteiger partial charge < -0.3 is 10.2 Å². The van der Waals surface area contributed by atoms with E-state index in [9.17, 15) is 22.4 Å². The Morgan fingerprint density at radius 3 is 2.48 bits per heavy atom. The topological polar surface area (TPSA) is 96.4 Å². The molecule has 3 rings (SSSR count). The van der Waals surface area contributed by atoms with Crippen molar-refractivity contribution in [1.82, 2.24) is 9.88 Å². The van der Waals surface area contributed by atoms with Crippen LogP contribution in [-0.2, 0) is 9.84 Å². The van der Waals surface area contributed by atoms with Gasteiger partial charge in [-0.2, -0.15) is 0 Å². The lowest BCUT2D eigenvalue weighted by Gasteiger charge is -2.23. The SMILES string of the molecule is CN(C(=O)c1cncc(C(=O)Nc2ccc(F)cc2)c1)C1CCS(=O)(=O)C1. The molecular formula is C18H18FN3O4S. The van der Waals surface area contributed by atoms with Crippen LogP contribution in [0.15, 0.2) is 42.7 Å². The molecule has 2 amide bonds. The Morgan fingerprint density at radius 2 is 1.85 bits per heavy atom. The Bertz CT molecular complexity index is 976. The molecule has 1 aliphatic rings. The summed E-state index contributed by atoms with van der Waals surface area (Å²) in [5.41, 5.74) is 0.762. The first-order valence-electron chi connectivity index (χ1n) is 8.25. The van der Waals surface area contributed by atoms with Crippen molar-refractivity contribution in [2.45, 2.75) is 12.5 Å². The normalized spacial score (nSPS) is 18.1. The molecule has 0 saturated carbocycles. The number of nitrogens with zero attached hydrogens (tertiary/aromatic N) is 2. The van der Waals surface area contributed by atoms with Crippen LogP contribution < -0.4 is 5.32 Å². The quantitative estimate of drug-likeness (QED) is 0.856. The summed E-state index contributed by atoms with van der Waals surface area (Å²) in [6, 6.07) is 6.29. The van der Waals surface area contributed by atoms with E-state index >= 15 is 0 Å². The van der Waals surface area contributed by atoms with E-state index in [0.717, 1.165) is 0 Å². The molecule has 9 heteroatoms. The van der Waals surface area contributed by atoms with Gasteiger partial charge in [-0.05, 0) is 36.8 Å². The number of rotatable bonds is 4. The van der Waals surface area contributed by atoms with Gasteiger partial charge in [-0.25, -0.2) is 12.8 Å². The first-order valence-corrected chi connectivity index (χ1v) is 10.1. The van der Waals surface area contributed by atoms with Crippen LogP contribution in [0.5, 0.6) is 0 Å². The summed E-state index contributed by atoms with van der Waals surface area (Å²) in [4.78, 5) is 30.3. The van der Waals surface area contributed by atoms with Gasteiger partial charge >= 0.3 is 0 Å². The number of pyridine rings is 1. The second-order valence-corrected chi connectivity index (χ2v) is 8.62. The highest BCUT2D eigenvalue weighted by molar-refractivity contribution is 7.91. The van der Waals surface area contributed by atoms with Crippen LogP contribution in [-0.4, -0.2) is 54.7 Å². The molecule has 1 aliphatic heterocycles. The summed E-state index contributed by atoms with van der Waals surface area (Å²) in [6.07, 6.45) is 3.04. The van der Waals surface area contributed by atoms with E-state index in [2.05, 4.69) is 10.3 Å². The third-order valence-corrected chi connectivity index (χ3v) is 6.18. The summed E-state index contributed by atoms with van der Waals surface area (Å²) in [5.74, 6) is -1.31. The fourth-order valence-corrected chi connectivity index (χ4v) is 4.64. The smallest absolute Gasteiger partial charge is 0.257 e. The molecule has 0 bridgehead atoms. The summed E-state index contributed by atoms with van der Waals surface area (Å²) in [7, 11) is -1.58. The maximum absolute atomic E-state index is 12.9. The summed E-state index contributed by atoms with van der Waals surface area (Å²) < 4.78 is 36.2. The molecule has 1 atom stereocenters. The number of carbonyl (C=O) groups is 2. The van der Waals surface area contributed by atoms with Crippen molar-refractivity contribution in [1.29, 1.82) is 0 Å². The van der Waals surface area contributed by atoms with Crippen molar-refractivity contribution in [3.8, 4) is 0 Å². The van der Waals surface area contributed by atoms with Crippen molar-refractivity contribution in [3.63, 3.8) is 0 Å². The van der Waals surface area contributed by atoms with E-state index in [1.165, 1.54) is 47.6 Å². The lowest BCUT2D eigenvalue weighted by molar-refractivity contribution is 0.0747. The van der Waals surface area contributed by atoms with Crippen LogP contribution in [0.25, 0.3) is 0 Å². The minimum Gasteiger partial charge on any atom is -0.338 e. The summed E-state index contributed by atoms with van der Waals surface area (Å²) in [5, 5.41) is 2.60. The molecular weight excluding hydrogens is 373 g/mol. The molecule has 2 heterocycles. The number of halogens is 1. The molecule has 7 nitrogen and oxygen atoms in total. The molecule has 2 aromatic rings. The van der Waals surface area contributed by atoms with Crippen LogP contribution in [0.2, 0.25) is 0 Å². The minimum atomic E-state index is -3.12. The van der Waals surface area contributed by atoms with Gasteiger partial charge in [0.15, 0.2) is 9.84 Å². The minimum absolute atomic E-state index is 0.0621. The Kier molecular flexibility index (Phi) is 5.22. The molecule has 1 aromatic carbocycles. The van der Waals surface area contributed by atoms with Crippen molar-refractivity contribution >= 4 is 27.3 Å². The average Bonchev–Trinajstić information content (AvgIpc) is 3.02. The predicted octanol–water partition coefficient (Wildman–Crippen LogP) is 1.73. The van der Waals surface area contributed by atoms with Gasteiger partial charge in [0.1, 0.15) is 5.82 Å². The zero-order valence-electron chi connectivity index (χ0n) is 14.6. The predicted molar refractivity (Wildman–Crippen MR) is 97.7 cm³/mol. The monoisotopic (exact) mass is 391 g/mol. The Morgan fingerprint density at radius 1 is 1.19 bits per heavy atom. The number of benzene rings is 1. The Labute approximate surface area is 156 Å². The number of aromatic nitrogens is 1. The molecule has 1 saturated heterocycles. The molecule has 1 unspecified atom stereocenters. The van der Waals surface area contributed by atoms with Gasteiger partial charge in [-0.15, -0.1) is 0 Å². The van der Waals surface area contributed by atoms with Crippen molar-refractivity contribution in [2.24, 2.45) is 0 Å². The zero-order chi connectivity index (χ0) is 19.6. The lowest BCUT2D eigenvalue weighted by atomic mass is 10.1. The first kappa shape index (κ1) is 19.0. The number of hydrogen-bond acceptors (Lipinski definition) is 5. The third-order valence-electron chi connectivity index (χ3n) is 4.43. The third kappa shape index (κ3) is 4.48. The molecule has 27 heavy (non-hydrogen) atoms. The van der Waals surface area contributed by atoms with Gasteiger partial charge in [0.05, 0.1) is 22.6 Å². The van der Waals surface area contributed by atoms with E-state index in [1.807, 2.05) is 0 Å². The van der Waals surface area contributed by atoms with E-state index in [0.29, 0.717) is 12.1 Å². The molecule has 1 aromatic heterocycles. The van der Waals surface area contributed by atoms with Gasteiger partial charge in [0, 0.05) is 31.2 Å². The van der Waals surface area contributed by atoms with Crippen LogP contribution in [0.3, 0.4) is 0 Å². The van der Waals surface area contributed by atoms with E-state index in [-0.39, 0.29) is 28.7 Å². The number of amides is 2. The Balaban J connectivity index is 1.73. The van der Waals surface area contributed by atoms with E-state index < -0.39 is 27.5 Å². The highest BCUT2D eigenvalue weighted by Crippen LogP contribution is 2.19. The number of hydrogen-bond donors (Lipinski definition) is 1. The molecule has 0 aliphatic carbocycles. The summed E-state index contributed by atoms with van der Waals surface area (Å²) >= 11 is 0. The fraction of sp³-hybridized carbons (Fsp3) is 0.278. The van der Waals surface area contributed by atoms with Gasteiger partial charge in [-0.1, -0.05) is 0 Å². The van der Waals surface area contributed by atoms with Crippen LogP contribution in [0.4, 0.5) is 10.1 Å². The standard InChI is InChI=1S/C18H18FN3O4S/c1-22(16-6-7-27(25,26)11-16)18(24)13-8-12(9-20-10-13)17(23)21-15-4-2-14(19)3-5-15/h2-5,8-10,16H,6-7,11H2,1H3,(H,21,23). The van der Waals surface area contributed by atoms with Crippen molar-refractivity contribution in [2.75, 3.05) is 23.9 Å². The largest absolute Gasteiger partial charge is 0.338 e. The second kappa shape index (κ2) is 7.43. The van der Waals surface area contributed by atoms with Gasteiger partial charge in [-0.3, -0.25) is 14.6 Å². The molecule has 0 radical (unpaired) electrons.